The van der Waals surface area contributed by atoms with Crippen LogP contribution < -0.4 is 4.74 Å². The predicted molar refractivity (Wildman–Crippen MR) is 57.5 cm³/mol. The van der Waals surface area contributed by atoms with E-state index in [2.05, 4.69) is 0 Å². The summed E-state index contributed by atoms with van der Waals surface area (Å²) in [6.45, 7) is 5.97. The minimum absolute atomic E-state index is 0.200. The second-order valence-electron chi connectivity index (χ2n) is 3.89. The highest BCUT2D eigenvalue weighted by Gasteiger charge is 2.17. The van der Waals surface area contributed by atoms with Crippen molar-refractivity contribution in [2.24, 2.45) is 5.92 Å². The van der Waals surface area contributed by atoms with E-state index in [0.29, 0.717) is 0 Å². The first-order valence-corrected chi connectivity index (χ1v) is 4.89. The van der Waals surface area contributed by atoms with E-state index in [-0.39, 0.29) is 5.92 Å². The first-order valence-electron chi connectivity index (χ1n) is 4.89. The molecule has 1 atom stereocenters. The molecule has 0 spiro atoms. The molecule has 0 aliphatic rings. The maximum absolute atomic E-state index is 9.95. The molecule has 0 saturated carbocycles. The van der Waals surface area contributed by atoms with E-state index < -0.39 is 6.10 Å². The topological polar surface area (TPSA) is 29.5 Å². The summed E-state index contributed by atoms with van der Waals surface area (Å²) in [6, 6.07) is 5.84. The largest absolute Gasteiger partial charge is 0.496 e. The van der Waals surface area contributed by atoms with Gasteiger partial charge in [-0.25, -0.2) is 0 Å². The molecule has 0 aliphatic heterocycles. The Labute approximate surface area is 85.5 Å². The number of para-hydroxylation sites is 1. The van der Waals surface area contributed by atoms with Gasteiger partial charge in [-0.2, -0.15) is 0 Å². The van der Waals surface area contributed by atoms with E-state index in [1.54, 1.807) is 7.11 Å². The highest BCUT2D eigenvalue weighted by atomic mass is 16.5. The van der Waals surface area contributed by atoms with Crippen molar-refractivity contribution in [2.75, 3.05) is 7.11 Å². The SMILES string of the molecule is COc1c(C)cccc1C(O)C(C)C. The van der Waals surface area contributed by atoms with Gasteiger partial charge >= 0.3 is 0 Å². The van der Waals surface area contributed by atoms with Gasteiger partial charge in [0.2, 0.25) is 0 Å². The van der Waals surface area contributed by atoms with Crippen LogP contribution in [0.1, 0.15) is 31.1 Å². The van der Waals surface area contributed by atoms with Crippen molar-refractivity contribution in [3.63, 3.8) is 0 Å². The van der Waals surface area contributed by atoms with E-state index in [1.807, 2.05) is 39.0 Å². The second-order valence-corrected chi connectivity index (χ2v) is 3.89. The van der Waals surface area contributed by atoms with Gasteiger partial charge in [0.05, 0.1) is 13.2 Å². The van der Waals surface area contributed by atoms with Gasteiger partial charge in [-0.05, 0) is 18.4 Å². The minimum atomic E-state index is -0.454. The average molecular weight is 194 g/mol. The lowest BCUT2D eigenvalue weighted by Gasteiger charge is -2.19. The summed E-state index contributed by atoms with van der Waals surface area (Å²) in [7, 11) is 1.64. The van der Waals surface area contributed by atoms with E-state index in [0.717, 1.165) is 16.9 Å². The Morgan fingerprint density at radius 3 is 2.43 bits per heavy atom. The molecule has 1 aromatic rings. The Morgan fingerprint density at radius 1 is 1.29 bits per heavy atom. The molecule has 0 amide bonds. The van der Waals surface area contributed by atoms with Gasteiger partial charge in [-0.15, -0.1) is 0 Å². The molecular formula is C12H18O2. The van der Waals surface area contributed by atoms with Crippen molar-refractivity contribution < 1.29 is 9.84 Å². The van der Waals surface area contributed by atoms with Crippen LogP contribution in [0.4, 0.5) is 0 Å². The maximum Gasteiger partial charge on any atom is 0.127 e. The number of hydrogen-bond acceptors (Lipinski definition) is 2. The number of ether oxygens (including phenoxy) is 1. The number of aryl methyl sites for hydroxylation is 1. The van der Waals surface area contributed by atoms with Gasteiger partial charge in [0.15, 0.2) is 0 Å². The van der Waals surface area contributed by atoms with Gasteiger partial charge in [0, 0.05) is 5.56 Å². The Kier molecular flexibility index (Phi) is 3.53. The molecule has 0 heterocycles. The molecule has 1 rings (SSSR count). The predicted octanol–water partition coefficient (Wildman–Crippen LogP) is 2.69. The van der Waals surface area contributed by atoms with Crippen molar-refractivity contribution in [2.45, 2.75) is 26.9 Å². The second kappa shape index (κ2) is 4.47. The fourth-order valence-electron chi connectivity index (χ4n) is 1.55. The van der Waals surface area contributed by atoms with Crippen LogP contribution in [-0.4, -0.2) is 12.2 Å². The normalized spacial score (nSPS) is 13.0. The molecule has 1 unspecified atom stereocenters. The van der Waals surface area contributed by atoms with E-state index in [4.69, 9.17) is 4.74 Å². The van der Waals surface area contributed by atoms with Crippen LogP contribution in [0.25, 0.3) is 0 Å². The fourth-order valence-corrected chi connectivity index (χ4v) is 1.55. The number of hydrogen-bond donors (Lipinski definition) is 1. The van der Waals surface area contributed by atoms with Crippen LogP contribution in [0.5, 0.6) is 5.75 Å². The number of methoxy groups -OCH3 is 1. The molecule has 2 nitrogen and oxygen atoms in total. The summed E-state index contributed by atoms with van der Waals surface area (Å²) < 4.78 is 5.29. The van der Waals surface area contributed by atoms with Crippen LogP contribution in [0.2, 0.25) is 0 Å². The van der Waals surface area contributed by atoms with Gasteiger partial charge in [0.1, 0.15) is 5.75 Å². The molecule has 0 saturated heterocycles. The third kappa shape index (κ3) is 2.07. The zero-order valence-electron chi connectivity index (χ0n) is 9.24. The molecule has 2 heteroatoms. The van der Waals surface area contributed by atoms with E-state index >= 15 is 0 Å². The van der Waals surface area contributed by atoms with Crippen molar-refractivity contribution in [1.82, 2.24) is 0 Å². The number of aliphatic hydroxyl groups excluding tert-OH is 1. The number of aliphatic hydroxyl groups is 1. The van der Waals surface area contributed by atoms with Crippen molar-refractivity contribution in [3.8, 4) is 5.75 Å². The lowest BCUT2D eigenvalue weighted by Crippen LogP contribution is -2.07. The van der Waals surface area contributed by atoms with Crippen LogP contribution in [0.3, 0.4) is 0 Å². The van der Waals surface area contributed by atoms with Gasteiger partial charge in [-0.1, -0.05) is 32.0 Å². The standard InChI is InChI=1S/C12H18O2/c1-8(2)11(13)10-7-5-6-9(3)12(10)14-4/h5-8,11,13H,1-4H3. The van der Waals surface area contributed by atoms with E-state index in [9.17, 15) is 5.11 Å². The monoisotopic (exact) mass is 194 g/mol. The minimum Gasteiger partial charge on any atom is -0.496 e. The molecule has 14 heavy (non-hydrogen) atoms. The Bertz CT molecular complexity index is 305. The molecular weight excluding hydrogens is 176 g/mol. The lowest BCUT2D eigenvalue weighted by molar-refractivity contribution is 0.123. The molecule has 0 bridgehead atoms. The zero-order valence-corrected chi connectivity index (χ0v) is 9.24. The van der Waals surface area contributed by atoms with Crippen molar-refractivity contribution >= 4 is 0 Å². The van der Waals surface area contributed by atoms with Crippen LogP contribution in [0, 0.1) is 12.8 Å². The van der Waals surface area contributed by atoms with Gasteiger partial charge < -0.3 is 9.84 Å². The summed E-state index contributed by atoms with van der Waals surface area (Å²) >= 11 is 0. The molecule has 0 fully saturated rings. The fraction of sp³-hybridized carbons (Fsp3) is 0.500. The summed E-state index contributed by atoms with van der Waals surface area (Å²) in [5, 5.41) is 9.95. The highest BCUT2D eigenvalue weighted by Crippen LogP contribution is 2.32. The Morgan fingerprint density at radius 2 is 1.93 bits per heavy atom. The molecule has 0 aromatic heterocycles. The Balaban J connectivity index is 3.13. The van der Waals surface area contributed by atoms with Crippen LogP contribution in [0.15, 0.2) is 18.2 Å². The molecule has 1 N–H and O–H groups in total. The summed E-state index contributed by atoms with van der Waals surface area (Å²) in [5.41, 5.74) is 1.94. The number of rotatable bonds is 3. The van der Waals surface area contributed by atoms with Crippen molar-refractivity contribution in [1.29, 1.82) is 0 Å². The maximum atomic E-state index is 9.95. The third-order valence-corrected chi connectivity index (χ3v) is 2.40. The number of benzene rings is 1. The molecule has 0 aliphatic carbocycles. The quantitative estimate of drug-likeness (QED) is 0.801. The summed E-state index contributed by atoms with van der Waals surface area (Å²) in [4.78, 5) is 0. The van der Waals surface area contributed by atoms with Gasteiger partial charge in [-0.3, -0.25) is 0 Å². The van der Waals surface area contributed by atoms with E-state index in [1.165, 1.54) is 0 Å². The lowest BCUT2D eigenvalue weighted by atomic mass is 9.96. The first-order chi connectivity index (χ1) is 6.57. The smallest absolute Gasteiger partial charge is 0.127 e. The van der Waals surface area contributed by atoms with Crippen molar-refractivity contribution in [3.05, 3.63) is 29.3 Å². The van der Waals surface area contributed by atoms with Gasteiger partial charge in [0.25, 0.3) is 0 Å². The molecule has 78 valence electrons. The van der Waals surface area contributed by atoms with Crippen LogP contribution in [-0.2, 0) is 0 Å². The third-order valence-electron chi connectivity index (χ3n) is 2.40. The van der Waals surface area contributed by atoms with Crippen LogP contribution >= 0.6 is 0 Å². The average Bonchev–Trinajstić information content (AvgIpc) is 2.16. The first kappa shape index (κ1) is 11.1. The highest BCUT2D eigenvalue weighted by molar-refractivity contribution is 5.42. The molecule has 1 aromatic carbocycles. The summed E-state index contributed by atoms with van der Waals surface area (Å²) in [5.74, 6) is 0.999. The molecule has 0 radical (unpaired) electrons. The summed E-state index contributed by atoms with van der Waals surface area (Å²) in [6.07, 6.45) is -0.454. The Hall–Kier alpha value is -1.02. The zero-order chi connectivity index (χ0) is 10.7.